The van der Waals surface area contributed by atoms with E-state index in [2.05, 4.69) is 11.3 Å². The summed E-state index contributed by atoms with van der Waals surface area (Å²) in [6.07, 6.45) is 5.42. The lowest BCUT2D eigenvalue weighted by Crippen LogP contribution is -1.76. The van der Waals surface area contributed by atoms with Gasteiger partial charge in [-0.1, -0.05) is 24.3 Å². The van der Waals surface area contributed by atoms with Gasteiger partial charge in [-0.15, -0.1) is 6.58 Å². The molecule has 1 rings (SSSR count). The van der Waals surface area contributed by atoms with E-state index in [0.717, 1.165) is 5.56 Å². The van der Waals surface area contributed by atoms with Crippen LogP contribution in [0, 0.1) is 0 Å². The Morgan fingerprint density at radius 2 is 2.00 bits per heavy atom. The number of hydrogen-bond acceptors (Lipinski definition) is 3. The zero-order valence-corrected chi connectivity index (χ0v) is 9.68. The minimum Gasteiger partial charge on any atom is -0.504 e. The maximum Gasteiger partial charge on any atom is 0.157 e. The van der Waals surface area contributed by atoms with E-state index in [4.69, 9.17) is 10.2 Å². The fraction of sp³-hybridized carbons (Fsp3) is 0.231. The van der Waals surface area contributed by atoms with Crippen molar-refractivity contribution in [1.29, 1.82) is 0 Å². The van der Waals surface area contributed by atoms with Crippen LogP contribution >= 0.6 is 0 Å². The molecule has 0 aliphatic rings. The summed E-state index contributed by atoms with van der Waals surface area (Å²) < 4.78 is 4.57. The third-order valence-electron chi connectivity index (χ3n) is 1.64. The smallest absolute Gasteiger partial charge is 0.157 e. The van der Waals surface area contributed by atoms with Crippen LogP contribution in [0.15, 0.2) is 36.9 Å². The second kappa shape index (κ2) is 8.56. The monoisotopic (exact) mass is 222 g/mol. The number of phenols is 2. The molecule has 0 bridgehead atoms. The van der Waals surface area contributed by atoms with Crippen LogP contribution in [0.4, 0.5) is 0 Å². The van der Waals surface area contributed by atoms with Crippen molar-refractivity contribution in [1.82, 2.24) is 0 Å². The maximum absolute atomic E-state index is 9.04. The number of ether oxygens (including phenoxy) is 1. The topological polar surface area (TPSA) is 49.7 Å². The normalized spacial score (nSPS) is 9.62. The van der Waals surface area contributed by atoms with Crippen molar-refractivity contribution in [2.24, 2.45) is 0 Å². The summed E-state index contributed by atoms with van der Waals surface area (Å²) in [5, 5.41) is 18.0. The molecule has 2 N–H and O–H groups in total. The third-order valence-corrected chi connectivity index (χ3v) is 1.64. The van der Waals surface area contributed by atoms with Crippen LogP contribution in [-0.2, 0) is 4.74 Å². The first kappa shape index (κ1) is 14.3. The summed E-state index contributed by atoms with van der Waals surface area (Å²) in [5.74, 6) is -0.168. The van der Waals surface area contributed by atoms with Crippen LogP contribution in [0.5, 0.6) is 11.5 Å². The summed E-state index contributed by atoms with van der Waals surface area (Å²) >= 11 is 0. The number of aromatic hydroxyl groups is 2. The maximum atomic E-state index is 9.04. The third kappa shape index (κ3) is 5.88. The molecule has 1 aromatic carbocycles. The average molecular weight is 222 g/mol. The molecule has 0 saturated heterocycles. The summed E-state index contributed by atoms with van der Waals surface area (Å²) in [6, 6.07) is 4.70. The van der Waals surface area contributed by atoms with Crippen LogP contribution in [0.2, 0.25) is 0 Å². The molecule has 0 amide bonds. The molecule has 3 nitrogen and oxygen atoms in total. The largest absolute Gasteiger partial charge is 0.504 e. The lowest BCUT2D eigenvalue weighted by molar-refractivity contribution is 0.234. The highest BCUT2D eigenvalue weighted by Gasteiger charge is 1.96. The standard InChI is InChI=1S/C9H10O2.C4H8O/c1-2-3-7-4-5-8(10)9(11)6-7;1-3-4-5-2/h2-6,10-11H,1H3;3H,1,4H2,2H3/b3-2+;. The number of hydrogen-bond donors (Lipinski definition) is 2. The average Bonchev–Trinajstić information content (AvgIpc) is 2.26. The number of phenolic OH excluding ortho intramolecular Hbond substituents is 2. The van der Waals surface area contributed by atoms with Crippen molar-refractivity contribution >= 4 is 6.08 Å². The van der Waals surface area contributed by atoms with Crippen molar-refractivity contribution in [3.63, 3.8) is 0 Å². The Morgan fingerprint density at radius 1 is 1.31 bits per heavy atom. The Balaban J connectivity index is 0.000000385. The summed E-state index contributed by atoms with van der Waals surface area (Å²) in [4.78, 5) is 0. The molecule has 0 unspecified atom stereocenters. The lowest BCUT2D eigenvalue weighted by atomic mass is 10.2. The molecule has 0 radical (unpaired) electrons. The van der Waals surface area contributed by atoms with E-state index in [-0.39, 0.29) is 11.5 Å². The lowest BCUT2D eigenvalue weighted by Gasteiger charge is -1.97. The molecule has 88 valence electrons. The van der Waals surface area contributed by atoms with Gasteiger partial charge in [0.2, 0.25) is 0 Å². The zero-order valence-electron chi connectivity index (χ0n) is 9.68. The van der Waals surface area contributed by atoms with Crippen LogP contribution < -0.4 is 0 Å². The van der Waals surface area contributed by atoms with Crippen molar-refractivity contribution < 1.29 is 14.9 Å². The Morgan fingerprint density at radius 3 is 2.38 bits per heavy atom. The molecular formula is C13H18O3. The predicted octanol–water partition coefficient (Wildman–Crippen LogP) is 2.95. The molecular weight excluding hydrogens is 204 g/mol. The van der Waals surface area contributed by atoms with E-state index in [0.29, 0.717) is 6.61 Å². The number of rotatable bonds is 3. The van der Waals surface area contributed by atoms with Gasteiger partial charge in [0.15, 0.2) is 11.5 Å². The van der Waals surface area contributed by atoms with Gasteiger partial charge in [0.1, 0.15) is 0 Å². The first-order chi connectivity index (χ1) is 7.65. The van der Waals surface area contributed by atoms with Gasteiger partial charge in [-0.2, -0.15) is 0 Å². The minimum atomic E-state index is -0.0850. The molecule has 3 heteroatoms. The van der Waals surface area contributed by atoms with Gasteiger partial charge in [-0.05, 0) is 24.6 Å². The van der Waals surface area contributed by atoms with Gasteiger partial charge < -0.3 is 14.9 Å². The molecule has 16 heavy (non-hydrogen) atoms. The highest BCUT2D eigenvalue weighted by Crippen LogP contribution is 2.25. The molecule has 0 aliphatic heterocycles. The molecule has 0 aromatic heterocycles. The molecule has 0 aliphatic carbocycles. The molecule has 1 aromatic rings. The van der Waals surface area contributed by atoms with Crippen molar-refractivity contribution in [2.45, 2.75) is 6.92 Å². The summed E-state index contributed by atoms with van der Waals surface area (Å²) in [6.45, 7) is 5.97. The van der Waals surface area contributed by atoms with E-state index < -0.39 is 0 Å². The highest BCUT2D eigenvalue weighted by molar-refractivity contribution is 5.54. The van der Waals surface area contributed by atoms with Gasteiger partial charge in [0.25, 0.3) is 0 Å². The van der Waals surface area contributed by atoms with E-state index >= 15 is 0 Å². The predicted molar refractivity (Wildman–Crippen MR) is 66.6 cm³/mol. The molecule has 0 atom stereocenters. The van der Waals surface area contributed by atoms with Gasteiger partial charge in [-0.3, -0.25) is 0 Å². The molecule has 0 saturated carbocycles. The van der Waals surface area contributed by atoms with Crippen LogP contribution in [0.3, 0.4) is 0 Å². The first-order valence-corrected chi connectivity index (χ1v) is 4.90. The van der Waals surface area contributed by atoms with E-state index in [1.165, 1.54) is 12.1 Å². The van der Waals surface area contributed by atoms with Gasteiger partial charge in [-0.25, -0.2) is 0 Å². The molecule has 0 heterocycles. The Kier molecular flexibility index (Phi) is 7.63. The summed E-state index contributed by atoms with van der Waals surface area (Å²) in [7, 11) is 1.64. The summed E-state index contributed by atoms with van der Waals surface area (Å²) in [5.41, 5.74) is 0.878. The van der Waals surface area contributed by atoms with Crippen molar-refractivity contribution in [3.05, 3.63) is 42.5 Å². The fourth-order valence-corrected chi connectivity index (χ4v) is 0.954. The van der Waals surface area contributed by atoms with Gasteiger partial charge in [0.05, 0.1) is 6.61 Å². The van der Waals surface area contributed by atoms with E-state index in [9.17, 15) is 0 Å². The second-order valence-corrected chi connectivity index (χ2v) is 2.99. The number of allylic oxidation sites excluding steroid dienone is 1. The number of benzene rings is 1. The Hall–Kier alpha value is -1.74. The van der Waals surface area contributed by atoms with Crippen molar-refractivity contribution in [3.8, 4) is 11.5 Å². The van der Waals surface area contributed by atoms with Crippen LogP contribution in [0.1, 0.15) is 12.5 Å². The first-order valence-electron chi connectivity index (χ1n) is 4.90. The van der Waals surface area contributed by atoms with E-state index in [1.54, 1.807) is 19.3 Å². The fourth-order valence-electron chi connectivity index (χ4n) is 0.954. The van der Waals surface area contributed by atoms with Crippen molar-refractivity contribution in [2.75, 3.05) is 13.7 Å². The SMILES string of the molecule is C/C=C/c1ccc(O)c(O)c1.C=CCOC. The van der Waals surface area contributed by atoms with Crippen LogP contribution in [-0.4, -0.2) is 23.9 Å². The minimum absolute atomic E-state index is 0.0828. The molecule has 0 fully saturated rings. The second-order valence-electron chi connectivity index (χ2n) is 2.99. The van der Waals surface area contributed by atoms with Gasteiger partial charge >= 0.3 is 0 Å². The zero-order chi connectivity index (χ0) is 12.4. The molecule has 0 spiro atoms. The van der Waals surface area contributed by atoms with Gasteiger partial charge in [0, 0.05) is 7.11 Å². The highest BCUT2D eigenvalue weighted by atomic mass is 16.5. The number of methoxy groups -OCH3 is 1. The van der Waals surface area contributed by atoms with Crippen LogP contribution in [0.25, 0.3) is 6.08 Å². The van der Waals surface area contributed by atoms with E-state index in [1.807, 2.05) is 19.1 Å². The quantitative estimate of drug-likeness (QED) is 0.610. The Bertz CT molecular complexity index is 343. The Labute approximate surface area is 96.3 Å².